The summed E-state index contributed by atoms with van der Waals surface area (Å²) in [5.41, 5.74) is 2.40. The summed E-state index contributed by atoms with van der Waals surface area (Å²) >= 11 is 0. The lowest BCUT2D eigenvalue weighted by Gasteiger charge is -2.05. The summed E-state index contributed by atoms with van der Waals surface area (Å²) in [7, 11) is 0. The van der Waals surface area contributed by atoms with Crippen LogP contribution >= 0.6 is 0 Å². The van der Waals surface area contributed by atoms with Crippen LogP contribution in [0.1, 0.15) is 27.9 Å². The van der Waals surface area contributed by atoms with Gasteiger partial charge in [-0.3, -0.25) is 4.79 Å². The molecule has 0 aliphatic carbocycles. The topological polar surface area (TPSA) is 55.4 Å². The second-order valence-electron chi connectivity index (χ2n) is 4.78. The van der Waals surface area contributed by atoms with Crippen LogP contribution in [0.4, 0.5) is 4.79 Å². The summed E-state index contributed by atoms with van der Waals surface area (Å²) in [5, 5.41) is 2.65. The molecule has 1 amide bonds. The first-order chi connectivity index (χ1) is 11.3. The summed E-state index contributed by atoms with van der Waals surface area (Å²) < 4.78 is 5.09. The Kier molecular flexibility index (Phi) is 6.43. The highest BCUT2D eigenvalue weighted by molar-refractivity contribution is 5.74. The standard InChI is InChI=1S/C19H17NO3/c21-14-17-11-9-16(10-12-17)6-4-5-13-20-19(22)23-15-18-7-2-1-3-8-18/h1-3,7-12,14H,5,13,15H2,(H,20,22). The molecular weight excluding hydrogens is 290 g/mol. The van der Waals surface area contributed by atoms with Gasteiger partial charge in [0.2, 0.25) is 0 Å². The van der Waals surface area contributed by atoms with Crippen molar-refractivity contribution in [3.05, 3.63) is 71.3 Å². The first-order valence-corrected chi connectivity index (χ1v) is 7.26. The molecule has 0 aliphatic rings. The van der Waals surface area contributed by atoms with E-state index in [-0.39, 0.29) is 6.61 Å². The van der Waals surface area contributed by atoms with Crippen LogP contribution in [0.2, 0.25) is 0 Å². The maximum atomic E-state index is 11.5. The van der Waals surface area contributed by atoms with Crippen LogP contribution in [0.15, 0.2) is 54.6 Å². The van der Waals surface area contributed by atoms with Crippen molar-refractivity contribution >= 4 is 12.4 Å². The Hall–Kier alpha value is -3.06. The van der Waals surface area contributed by atoms with Crippen LogP contribution in [-0.4, -0.2) is 18.9 Å². The minimum absolute atomic E-state index is 0.251. The highest BCUT2D eigenvalue weighted by Crippen LogP contribution is 2.01. The Morgan fingerprint density at radius 3 is 2.52 bits per heavy atom. The van der Waals surface area contributed by atoms with Crippen LogP contribution in [0.5, 0.6) is 0 Å². The zero-order chi connectivity index (χ0) is 16.3. The predicted octanol–water partition coefficient (Wildman–Crippen LogP) is 3.17. The Balaban J connectivity index is 1.65. The van der Waals surface area contributed by atoms with Gasteiger partial charge in [-0.25, -0.2) is 4.79 Å². The molecule has 0 atom stereocenters. The van der Waals surface area contributed by atoms with E-state index in [4.69, 9.17) is 4.74 Å². The zero-order valence-electron chi connectivity index (χ0n) is 12.6. The van der Waals surface area contributed by atoms with E-state index in [1.807, 2.05) is 30.3 Å². The number of hydrogen-bond acceptors (Lipinski definition) is 3. The van der Waals surface area contributed by atoms with E-state index in [0.29, 0.717) is 18.5 Å². The van der Waals surface area contributed by atoms with Gasteiger partial charge in [-0.2, -0.15) is 0 Å². The Morgan fingerprint density at radius 1 is 1.09 bits per heavy atom. The highest BCUT2D eigenvalue weighted by Gasteiger charge is 2.00. The van der Waals surface area contributed by atoms with E-state index < -0.39 is 6.09 Å². The summed E-state index contributed by atoms with van der Waals surface area (Å²) in [5.74, 6) is 5.93. The molecule has 0 unspecified atom stereocenters. The predicted molar refractivity (Wildman–Crippen MR) is 88.0 cm³/mol. The van der Waals surface area contributed by atoms with Gasteiger partial charge < -0.3 is 10.1 Å². The Bertz CT molecular complexity index is 697. The van der Waals surface area contributed by atoms with E-state index in [2.05, 4.69) is 17.2 Å². The smallest absolute Gasteiger partial charge is 0.407 e. The fourth-order valence-corrected chi connectivity index (χ4v) is 1.81. The average Bonchev–Trinajstić information content (AvgIpc) is 2.61. The van der Waals surface area contributed by atoms with Crippen molar-refractivity contribution in [1.29, 1.82) is 0 Å². The SMILES string of the molecule is O=Cc1ccc(C#CCCNC(=O)OCc2ccccc2)cc1. The molecule has 2 rings (SSSR count). The van der Waals surface area contributed by atoms with Crippen molar-refractivity contribution < 1.29 is 14.3 Å². The molecule has 0 aromatic heterocycles. The van der Waals surface area contributed by atoms with Crippen LogP contribution in [0, 0.1) is 11.8 Å². The summed E-state index contributed by atoms with van der Waals surface area (Å²) in [6.45, 7) is 0.675. The van der Waals surface area contributed by atoms with Crippen molar-refractivity contribution in [2.75, 3.05) is 6.54 Å². The minimum Gasteiger partial charge on any atom is -0.445 e. The quantitative estimate of drug-likeness (QED) is 0.524. The molecule has 4 nitrogen and oxygen atoms in total. The minimum atomic E-state index is -0.453. The molecule has 0 saturated heterocycles. The third kappa shape index (κ3) is 6.06. The number of alkyl carbamates (subject to hydrolysis) is 1. The number of rotatable bonds is 5. The fourth-order valence-electron chi connectivity index (χ4n) is 1.81. The number of benzene rings is 2. The molecule has 2 aromatic carbocycles. The maximum Gasteiger partial charge on any atom is 0.407 e. The molecule has 23 heavy (non-hydrogen) atoms. The van der Waals surface area contributed by atoms with Gasteiger partial charge in [0.05, 0.1) is 0 Å². The van der Waals surface area contributed by atoms with Gasteiger partial charge in [-0.15, -0.1) is 0 Å². The lowest BCUT2D eigenvalue weighted by Crippen LogP contribution is -2.24. The van der Waals surface area contributed by atoms with Crippen molar-refractivity contribution in [3.63, 3.8) is 0 Å². The van der Waals surface area contributed by atoms with Gasteiger partial charge in [0.1, 0.15) is 12.9 Å². The third-order valence-electron chi connectivity index (χ3n) is 3.01. The lowest BCUT2D eigenvalue weighted by molar-refractivity contribution is 0.112. The van der Waals surface area contributed by atoms with Crippen molar-refractivity contribution in [2.45, 2.75) is 13.0 Å². The van der Waals surface area contributed by atoms with Crippen molar-refractivity contribution in [1.82, 2.24) is 5.32 Å². The third-order valence-corrected chi connectivity index (χ3v) is 3.01. The molecule has 0 fully saturated rings. The Labute approximate surface area is 135 Å². The van der Waals surface area contributed by atoms with Gasteiger partial charge in [0, 0.05) is 24.1 Å². The number of ether oxygens (including phenoxy) is 1. The van der Waals surface area contributed by atoms with Crippen LogP contribution in [0.25, 0.3) is 0 Å². The molecule has 0 aliphatic heterocycles. The average molecular weight is 307 g/mol. The largest absolute Gasteiger partial charge is 0.445 e. The molecule has 2 aromatic rings. The lowest BCUT2D eigenvalue weighted by atomic mass is 10.1. The number of amides is 1. The molecule has 0 spiro atoms. The molecule has 4 heteroatoms. The van der Waals surface area contributed by atoms with E-state index >= 15 is 0 Å². The number of carbonyl (C=O) groups excluding carboxylic acids is 2. The first-order valence-electron chi connectivity index (χ1n) is 7.26. The van der Waals surface area contributed by atoms with Crippen LogP contribution < -0.4 is 5.32 Å². The van der Waals surface area contributed by atoms with E-state index in [1.165, 1.54) is 0 Å². The highest BCUT2D eigenvalue weighted by atomic mass is 16.5. The van der Waals surface area contributed by atoms with Gasteiger partial charge in [-0.1, -0.05) is 54.3 Å². The van der Waals surface area contributed by atoms with Crippen LogP contribution in [0.3, 0.4) is 0 Å². The molecule has 116 valence electrons. The summed E-state index contributed by atoms with van der Waals surface area (Å²) in [6, 6.07) is 16.5. The van der Waals surface area contributed by atoms with Gasteiger partial charge in [0.15, 0.2) is 0 Å². The first kappa shape index (κ1) is 16.3. The normalized spacial score (nSPS) is 9.39. The van der Waals surface area contributed by atoms with Crippen molar-refractivity contribution in [3.8, 4) is 11.8 Å². The number of nitrogens with one attached hydrogen (secondary N) is 1. The molecule has 0 bridgehead atoms. The fraction of sp³-hybridized carbons (Fsp3) is 0.158. The van der Waals surface area contributed by atoms with Gasteiger partial charge >= 0.3 is 6.09 Å². The molecule has 1 N–H and O–H groups in total. The van der Waals surface area contributed by atoms with Gasteiger partial charge in [0.25, 0.3) is 0 Å². The van der Waals surface area contributed by atoms with E-state index in [1.54, 1.807) is 24.3 Å². The molecular formula is C19H17NO3. The van der Waals surface area contributed by atoms with Crippen molar-refractivity contribution in [2.24, 2.45) is 0 Å². The second kappa shape index (κ2) is 9.06. The number of carbonyl (C=O) groups is 2. The zero-order valence-corrected chi connectivity index (χ0v) is 12.6. The van der Waals surface area contributed by atoms with E-state index in [0.717, 1.165) is 17.4 Å². The number of hydrogen-bond donors (Lipinski definition) is 1. The maximum absolute atomic E-state index is 11.5. The molecule has 0 radical (unpaired) electrons. The Morgan fingerprint density at radius 2 is 1.83 bits per heavy atom. The monoisotopic (exact) mass is 307 g/mol. The number of aldehydes is 1. The molecule has 0 saturated carbocycles. The van der Waals surface area contributed by atoms with E-state index in [9.17, 15) is 9.59 Å². The molecule has 0 heterocycles. The summed E-state index contributed by atoms with van der Waals surface area (Å²) in [4.78, 5) is 22.0. The summed E-state index contributed by atoms with van der Waals surface area (Å²) in [6.07, 6.45) is 0.865. The van der Waals surface area contributed by atoms with Crippen LogP contribution in [-0.2, 0) is 11.3 Å². The second-order valence-corrected chi connectivity index (χ2v) is 4.78. The van der Waals surface area contributed by atoms with Gasteiger partial charge in [-0.05, 0) is 17.7 Å².